The van der Waals surface area contributed by atoms with Crippen LogP contribution in [0.1, 0.15) is 24.0 Å². The molecule has 1 aliphatic heterocycles. The van der Waals surface area contributed by atoms with Crippen LogP contribution in [0.25, 0.3) is 0 Å². The monoisotopic (exact) mass is 248 g/mol. The summed E-state index contributed by atoms with van der Waals surface area (Å²) in [5.41, 5.74) is 3.22. The average molecular weight is 248 g/mol. The number of fused-ring (bicyclic) bond motifs is 1. The zero-order valence-electron chi connectivity index (χ0n) is 10.0. The fourth-order valence-corrected chi connectivity index (χ4v) is 2.00. The van der Waals surface area contributed by atoms with Crippen molar-refractivity contribution in [2.75, 3.05) is 11.9 Å². The summed E-state index contributed by atoms with van der Waals surface area (Å²) in [6.45, 7) is 1.80. The first-order valence-corrected chi connectivity index (χ1v) is 5.99. The van der Waals surface area contributed by atoms with Gasteiger partial charge in [0.15, 0.2) is 0 Å². The zero-order chi connectivity index (χ0) is 13.0. The molecule has 0 bridgehead atoms. The summed E-state index contributed by atoms with van der Waals surface area (Å²) in [4.78, 5) is 21.9. The molecular weight excluding hydrogens is 232 g/mol. The number of carboxylic acid groups (broad SMARTS) is 1. The summed E-state index contributed by atoms with van der Waals surface area (Å²) in [6, 6.07) is 5.83. The summed E-state index contributed by atoms with van der Waals surface area (Å²) in [5, 5.41) is 14.5. The third kappa shape index (κ3) is 3.30. The van der Waals surface area contributed by atoms with Crippen LogP contribution in [-0.2, 0) is 22.6 Å². The summed E-state index contributed by atoms with van der Waals surface area (Å²) >= 11 is 0. The van der Waals surface area contributed by atoms with Gasteiger partial charge in [-0.2, -0.15) is 0 Å². The van der Waals surface area contributed by atoms with E-state index in [1.807, 2.05) is 18.2 Å². The molecule has 0 saturated heterocycles. The van der Waals surface area contributed by atoms with Crippen LogP contribution in [0.15, 0.2) is 18.2 Å². The van der Waals surface area contributed by atoms with E-state index in [4.69, 9.17) is 5.11 Å². The van der Waals surface area contributed by atoms with E-state index in [9.17, 15) is 9.59 Å². The highest BCUT2D eigenvalue weighted by Gasteiger charge is 2.10. The predicted molar refractivity (Wildman–Crippen MR) is 67.4 cm³/mol. The Kier molecular flexibility index (Phi) is 3.94. The third-order valence-electron chi connectivity index (χ3n) is 2.94. The van der Waals surface area contributed by atoms with E-state index in [0.29, 0.717) is 0 Å². The third-order valence-corrected chi connectivity index (χ3v) is 2.94. The van der Waals surface area contributed by atoms with Crippen molar-refractivity contribution < 1.29 is 14.7 Å². The number of hydrogen-bond donors (Lipinski definition) is 3. The van der Waals surface area contributed by atoms with Crippen LogP contribution in [0, 0.1) is 0 Å². The van der Waals surface area contributed by atoms with E-state index in [0.717, 1.165) is 25.2 Å². The maximum absolute atomic E-state index is 11.5. The van der Waals surface area contributed by atoms with Crippen LogP contribution in [0.5, 0.6) is 0 Å². The van der Waals surface area contributed by atoms with Crippen LogP contribution in [0.4, 0.5) is 5.69 Å². The molecule has 1 aromatic carbocycles. The second kappa shape index (κ2) is 5.64. The maximum atomic E-state index is 11.5. The topological polar surface area (TPSA) is 78.4 Å². The molecule has 0 spiro atoms. The van der Waals surface area contributed by atoms with Crippen molar-refractivity contribution in [1.82, 2.24) is 5.32 Å². The molecule has 0 aromatic heterocycles. The van der Waals surface area contributed by atoms with Gasteiger partial charge >= 0.3 is 5.97 Å². The summed E-state index contributed by atoms with van der Waals surface area (Å²) in [6.07, 6.45) is 0.867. The number of nitrogens with one attached hydrogen (secondary N) is 2. The Morgan fingerprint density at radius 3 is 2.89 bits per heavy atom. The molecule has 0 aliphatic carbocycles. The zero-order valence-corrected chi connectivity index (χ0v) is 10.0. The van der Waals surface area contributed by atoms with Gasteiger partial charge in [-0.05, 0) is 36.2 Å². The number of hydrogen-bond acceptors (Lipinski definition) is 3. The average Bonchev–Trinajstić information content (AvgIpc) is 2.36. The van der Waals surface area contributed by atoms with Gasteiger partial charge in [0.25, 0.3) is 0 Å². The number of amides is 1. The molecule has 0 unspecified atom stereocenters. The van der Waals surface area contributed by atoms with Crippen molar-refractivity contribution in [2.45, 2.75) is 25.8 Å². The quantitative estimate of drug-likeness (QED) is 0.746. The minimum absolute atomic E-state index is 0.00463. The second-order valence-corrected chi connectivity index (χ2v) is 4.35. The van der Waals surface area contributed by atoms with Crippen LogP contribution < -0.4 is 10.6 Å². The van der Waals surface area contributed by atoms with Crippen molar-refractivity contribution >= 4 is 17.6 Å². The highest BCUT2D eigenvalue weighted by atomic mass is 16.4. The van der Waals surface area contributed by atoms with Gasteiger partial charge in [-0.1, -0.05) is 6.07 Å². The fraction of sp³-hybridized carbons (Fsp3) is 0.385. The lowest BCUT2D eigenvalue weighted by atomic mass is 10.0. The summed E-state index contributed by atoms with van der Waals surface area (Å²) in [7, 11) is 0. The normalized spacial score (nSPS) is 13.8. The fourth-order valence-electron chi connectivity index (χ4n) is 2.00. The van der Waals surface area contributed by atoms with Crippen molar-refractivity contribution in [2.24, 2.45) is 0 Å². The Bertz CT molecular complexity index is 471. The molecular formula is C13H16N2O3. The van der Waals surface area contributed by atoms with Crippen LogP contribution in [0.3, 0.4) is 0 Å². The van der Waals surface area contributed by atoms with Gasteiger partial charge in [-0.3, -0.25) is 9.59 Å². The Morgan fingerprint density at radius 2 is 2.11 bits per heavy atom. The Labute approximate surface area is 105 Å². The Morgan fingerprint density at radius 1 is 1.28 bits per heavy atom. The number of carboxylic acids is 1. The highest BCUT2D eigenvalue weighted by Crippen LogP contribution is 2.19. The van der Waals surface area contributed by atoms with Gasteiger partial charge in [0, 0.05) is 18.7 Å². The number of benzene rings is 1. The van der Waals surface area contributed by atoms with Crippen LogP contribution in [0.2, 0.25) is 0 Å². The highest BCUT2D eigenvalue weighted by molar-refractivity contribution is 5.92. The number of carbonyl (C=O) groups excluding carboxylic acids is 1. The molecule has 1 amide bonds. The molecule has 1 aliphatic rings. The van der Waals surface area contributed by atoms with Crippen molar-refractivity contribution in [1.29, 1.82) is 0 Å². The second-order valence-electron chi connectivity index (χ2n) is 4.35. The minimum Gasteiger partial charge on any atom is -0.481 e. The molecule has 2 rings (SSSR count). The van der Waals surface area contributed by atoms with Crippen LogP contribution in [-0.4, -0.2) is 23.5 Å². The molecule has 96 valence electrons. The molecule has 0 saturated carbocycles. The lowest BCUT2D eigenvalue weighted by Gasteiger charge is -2.18. The van der Waals surface area contributed by atoms with E-state index in [1.54, 1.807) is 0 Å². The van der Waals surface area contributed by atoms with Crippen molar-refractivity contribution in [3.8, 4) is 0 Å². The number of rotatable bonds is 4. The summed E-state index contributed by atoms with van der Waals surface area (Å²) in [5.74, 6) is -1.22. The number of carbonyl (C=O) groups is 2. The molecule has 0 fully saturated rings. The first-order chi connectivity index (χ1) is 8.65. The molecule has 3 N–H and O–H groups in total. The van der Waals surface area contributed by atoms with Crippen molar-refractivity contribution in [3.05, 3.63) is 29.3 Å². The van der Waals surface area contributed by atoms with Gasteiger partial charge in [-0.15, -0.1) is 0 Å². The van der Waals surface area contributed by atoms with Gasteiger partial charge in [0.1, 0.15) is 0 Å². The lowest BCUT2D eigenvalue weighted by molar-refractivity contribution is -0.138. The van der Waals surface area contributed by atoms with Gasteiger partial charge in [0.2, 0.25) is 5.91 Å². The SMILES string of the molecule is O=C(O)CCC(=O)Nc1ccc2c(c1)CNCC2. The first-order valence-electron chi connectivity index (χ1n) is 5.99. The smallest absolute Gasteiger partial charge is 0.303 e. The van der Waals surface area contributed by atoms with E-state index in [1.165, 1.54) is 11.1 Å². The molecule has 1 heterocycles. The molecule has 1 aromatic rings. The lowest BCUT2D eigenvalue weighted by Crippen LogP contribution is -2.23. The molecule has 0 atom stereocenters. The first kappa shape index (κ1) is 12.6. The summed E-state index contributed by atoms with van der Waals surface area (Å²) < 4.78 is 0. The molecule has 5 heteroatoms. The van der Waals surface area contributed by atoms with E-state index in [2.05, 4.69) is 10.6 Å². The minimum atomic E-state index is -0.959. The maximum Gasteiger partial charge on any atom is 0.303 e. The largest absolute Gasteiger partial charge is 0.481 e. The molecule has 5 nitrogen and oxygen atoms in total. The molecule has 18 heavy (non-hydrogen) atoms. The standard InChI is InChI=1S/C13H16N2O3/c16-12(3-4-13(17)18)15-11-2-1-9-5-6-14-8-10(9)7-11/h1-2,7,14H,3-6,8H2,(H,15,16)(H,17,18). The van der Waals surface area contributed by atoms with Gasteiger partial charge < -0.3 is 15.7 Å². The van der Waals surface area contributed by atoms with Crippen molar-refractivity contribution in [3.63, 3.8) is 0 Å². The molecule has 0 radical (unpaired) electrons. The van der Waals surface area contributed by atoms with E-state index >= 15 is 0 Å². The Balaban J connectivity index is 1.97. The van der Waals surface area contributed by atoms with E-state index in [-0.39, 0.29) is 18.7 Å². The number of aliphatic carboxylic acids is 1. The Hall–Kier alpha value is -1.88. The number of anilines is 1. The van der Waals surface area contributed by atoms with Gasteiger partial charge in [0.05, 0.1) is 6.42 Å². The van der Waals surface area contributed by atoms with E-state index < -0.39 is 5.97 Å². The van der Waals surface area contributed by atoms with Gasteiger partial charge in [-0.25, -0.2) is 0 Å². The predicted octanol–water partition coefficient (Wildman–Crippen LogP) is 1.14. The van der Waals surface area contributed by atoms with Crippen LogP contribution >= 0.6 is 0 Å².